The number of imidazole rings is 1. The first kappa shape index (κ1) is 29.4. The Morgan fingerprint density at radius 1 is 0.811 bits per heavy atom. The molecule has 0 fully saturated rings. The summed E-state index contributed by atoms with van der Waals surface area (Å²) in [5, 5.41) is 5.08. The summed E-state index contributed by atoms with van der Waals surface area (Å²) in [4.78, 5) is 18.2. The number of benzene rings is 1. The van der Waals surface area contributed by atoms with Crippen LogP contribution in [0.1, 0.15) is 138 Å². The Bertz CT molecular complexity index is 1010. The number of unbranched alkanes of at least 4 members (excludes halogenated alkanes) is 15. The van der Waals surface area contributed by atoms with E-state index in [9.17, 15) is 4.79 Å². The number of nitrogens with zero attached hydrogens (tertiary/aromatic N) is 2. The van der Waals surface area contributed by atoms with Crippen LogP contribution in [-0.4, -0.2) is 15.5 Å². The molecule has 1 unspecified atom stereocenters. The fourth-order valence-corrected chi connectivity index (χ4v) is 5.84. The van der Waals surface area contributed by atoms with E-state index in [-0.39, 0.29) is 11.9 Å². The Kier molecular flexibility index (Phi) is 13.8. The van der Waals surface area contributed by atoms with Crippen LogP contribution in [0.2, 0.25) is 0 Å². The molecule has 5 heteroatoms. The van der Waals surface area contributed by atoms with Crippen molar-refractivity contribution in [2.75, 3.05) is 0 Å². The summed E-state index contributed by atoms with van der Waals surface area (Å²) in [5.41, 5.74) is 2.17. The summed E-state index contributed by atoms with van der Waals surface area (Å²) >= 11 is 1.47. The van der Waals surface area contributed by atoms with Crippen molar-refractivity contribution in [3.05, 3.63) is 52.5 Å². The van der Waals surface area contributed by atoms with Crippen molar-refractivity contribution in [3.8, 4) is 0 Å². The van der Waals surface area contributed by atoms with Crippen LogP contribution in [0, 0.1) is 0 Å². The van der Waals surface area contributed by atoms with Gasteiger partial charge in [-0.3, -0.25) is 4.79 Å². The molecule has 0 saturated heterocycles. The van der Waals surface area contributed by atoms with E-state index in [0.717, 1.165) is 34.7 Å². The van der Waals surface area contributed by atoms with Crippen LogP contribution in [0.15, 0.2) is 41.8 Å². The topological polar surface area (TPSA) is 46.9 Å². The molecule has 1 amide bonds. The zero-order valence-corrected chi connectivity index (χ0v) is 24.2. The number of para-hydroxylation sites is 2. The summed E-state index contributed by atoms with van der Waals surface area (Å²) in [7, 11) is 0. The average Bonchev–Trinajstić information content (AvgIpc) is 3.57. The van der Waals surface area contributed by atoms with Gasteiger partial charge in [0.05, 0.1) is 22.0 Å². The Balaban J connectivity index is 1.31. The molecule has 4 nitrogen and oxygen atoms in total. The first-order valence-electron chi connectivity index (χ1n) is 15.0. The van der Waals surface area contributed by atoms with Crippen molar-refractivity contribution in [2.45, 2.75) is 129 Å². The van der Waals surface area contributed by atoms with E-state index in [1.54, 1.807) is 0 Å². The smallest absolute Gasteiger partial charge is 0.261 e. The largest absolute Gasteiger partial charge is 0.342 e. The summed E-state index contributed by atoms with van der Waals surface area (Å²) < 4.78 is 2.32. The third-order valence-corrected chi connectivity index (χ3v) is 8.27. The van der Waals surface area contributed by atoms with Crippen molar-refractivity contribution in [3.63, 3.8) is 0 Å². The second-order valence-corrected chi connectivity index (χ2v) is 11.5. The van der Waals surface area contributed by atoms with Gasteiger partial charge in [-0.1, -0.05) is 121 Å². The summed E-state index contributed by atoms with van der Waals surface area (Å²) in [6.07, 6.45) is 22.1. The van der Waals surface area contributed by atoms with Crippen molar-refractivity contribution in [1.29, 1.82) is 0 Å². The van der Waals surface area contributed by atoms with Crippen LogP contribution in [-0.2, 0) is 6.54 Å². The highest BCUT2D eigenvalue weighted by molar-refractivity contribution is 7.12. The van der Waals surface area contributed by atoms with E-state index in [0.29, 0.717) is 0 Å². The number of aryl methyl sites for hydroxylation is 1. The van der Waals surface area contributed by atoms with E-state index in [4.69, 9.17) is 4.98 Å². The molecule has 0 bridgehead atoms. The molecule has 1 atom stereocenters. The lowest BCUT2D eigenvalue weighted by Crippen LogP contribution is -2.28. The number of hydrogen-bond donors (Lipinski definition) is 1. The maximum absolute atomic E-state index is 12.6. The third kappa shape index (κ3) is 10.3. The van der Waals surface area contributed by atoms with Crippen molar-refractivity contribution in [2.24, 2.45) is 0 Å². The molecular weight excluding hydrogens is 474 g/mol. The van der Waals surface area contributed by atoms with Gasteiger partial charge in [0.25, 0.3) is 5.91 Å². The first-order valence-corrected chi connectivity index (χ1v) is 15.9. The number of aromatic nitrogens is 2. The van der Waals surface area contributed by atoms with E-state index in [1.807, 2.05) is 30.5 Å². The fourth-order valence-electron chi connectivity index (χ4n) is 5.22. The van der Waals surface area contributed by atoms with E-state index in [2.05, 4.69) is 35.0 Å². The normalized spacial score (nSPS) is 12.3. The molecule has 2 heterocycles. The van der Waals surface area contributed by atoms with Crippen molar-refractivity contribution in [1.82, 2.24) is 14.9 Å². The Morgan fingerprint density at radius 3 is 1.95 bits per heavy atom. The second kappa shape index (κ2) is 17.4. The highest BCUT2D eigenvalue weighted by atomic mass is 32.1. The molecule has 0 spiro atoms. The lowest BCUT2D eigenvalue weighted by atomic mass is 10.0. The lowest BCUT2D eigenvalue weighted by Gasteiger charge is -2.16. The van der Waals surface area contributed by atoms with Gasteiger partial charge in [-0.25, -0.2) is 4.98 Å². The molecule has 0 radical (unpaired) electrons. The van der Waals surface area contributed by atoms with Gasteiger partial charge in [0.2, 0.25) is 0 Å². The van der Waals surface area contributed by atoms with Gasteiger partial charge in [0.15, 0.2) is 0 Å². The minimum Gasteiger partial charge on any atom is -0.342 e. The fraction of sp³-hybridized carbons (Fsp3) is 0.625. The molecule has 3 rings (SSSR count). The first-order chi connectivity index (χ1) is 18.2. The molecule has 204 valence electrons. The quantitative estimate of drug-likeness (QED) is 0.150. The maximum Gasteiger partial charge on any atom is 0.261 e. The van der Waals surface area contributed by atoms with E-state index >= 15 is 0 Å². The molecule has 0 aliphatic heterocycles. The number of carbonyl (C=O) groups excluding carboxylic acids is 1. The van der Waals surface area contributed by atoms with Crippen molar-refractivity contribution < 1.29 is 4.79 Å². The van der Waals surface area contributed by atoms with Gasteiger partial charge >= 0.3 is 0 Å². The number of nitrogens with one attached hydrogen (secondary N) is 1. The number of fused-ring (bicyclic) bond motifs is 1. The van der Waals surface area contributed by atoms with Gasteiger partial charge in [-0.2, -0.15) is 0 Å². The summed E-state index contributed by atoms with van der Waals surface area (Å²) in [6.45, 7) is 5.28. The van der Waals surface area contributed by atoms with Gasteiger partial charge in [0, 0.05) is 6.54 Å². The highest BCUT2D eigenvalue weighted by Gasteiger charge is 2.19. The van der Waals surface area contributed by atoms with Crippen LogP contribution in [0.4, 0.5) is 0 Å². The van der Waals surface area contributed by atoms with Crippen LogP contribution >= 0.6 is 11.3 Å². The molecular formula is C32H49N3OS. The second-order valence-electron chi connectivity index (χ2n) is 10.6. The van der Waals surface area contributed by atoms with Crippen LogP contribution in [0.5, 0.6) is 0 Å². The maximum atomic E-state index is 12.6. The minimum absolute atomic E-state index is 0.0245. The molecule has 0 aliphatic carbocycles. The molecule has 0 aliphatic rings. The summed E-state index contributed by atoms with van der Waals surface area (Å²) in [5.74, 6) is 0.926. The number of hydrogen-bond acceptors (Lipinski definition) is 3. The molecule has 1 aromatic carbocycles. The van der Waals surface area contributed by atoms with Crippen molar-refractivity contribution >= 4 is 28.3 Å². The Labute approximate surface area is 229 Å². The Morgan fingerprint density at radius 2 is 1.38 bits per heavy atom. The Hall–Kier alpha value is -2.14. The monoisotopic (exact) mass is 523 g/mol. The van der Waals surface area contributed by atoms with Crippen LogP contribution in [0.3, 0.4) is 0 Å². The molecule has 3 aromatic rings. The predicted molar refractivity (Wildman–Crippen MR) is 159 cm³/mol. The predicted octanol–water partition coefficient (Wildman–Crippen LogP) is 9.85. The van der Waals surface area contributed by atoms with E-state index in [1.165, 1.54) is 108 Å². The zero-order chi connectivity index (χ0) is 26.1. The number of amides is 1. The van der Waals surface area contributed by atoms with Gasteiger partial charge in [-0.15, -0.1) is 11.3 Å². The SMILES string of the molecule is CCCCCCCCCCCCCCCCCCn1c(C(C)NC(=O)c2cccs2)nc2ccccc21. The van der Waals surface area contributed by atoms with Crippen LogP contribution < -0.4 is 5.32 Å². The molecule has 0 saturated carbocycles. The molecule has 37 heavy (non-hydrogen) atoms. The number of thiophene rings is 1. The van der Waals surface area contributed by atoms with Gasteiger partial charge < -0.3 is 9.88 Å². The average molecular weight is 524 g/mol. The molecule has 2 aromatic heterocycles. The lowest BCUT2D eigenvalue weighted by molar-refractivity contribution is 0.0941. The number of carbonyl (C=O) groups is 1. The van der Waals surface area contributed by atoms with E-state index < -0.39 is 0 Å². The molecule has 1 N–H and O–H groups in total. The number of rotatable bonds is 20. The zero-order valence-electron chi connectivity index (χ0n) is 23.4. The highest BCUT2D eigenvalue weighted by Crippen LogP contribution is 2.23. The van der Waals surface area contributed by atoms with Crippen LogP contribution in [0.25, 0.3) is 11.0 Å². The van der Waals surface area contributed by atoms with Gasteiger partial charge in [0.1, 0.15) is 5.82 Å². The standard InChI is InChI=1S/C32H49N3OS/c1-3-4-5-6-7-8-9-10-11-12-13-14-15-16-17-20-25-35-29-23-19-18-22-28(29)34-31(35)27(2)33-32(36)30-24-21-26-37-30/h18-19,21-24,26-27H,3-17,20,25H2,1-2H3,(H,33,36). The minimum atomic E-state index is -0.136. The summed E-state index contributed by atoms with van der Waals surface area (Å²) in [6, 6.07) is 12.0. The van der Waals surface area contributed by atoms with Gasteiger partial charge in [-0.05, 0) is 36.9 Å². The third-order valence-electron chi connectivity index (χ3n) is 7.40.